The first-order valence-electron chi connectivity index (χ1n) is 7.44. The van der Waals surface area contributed by atoms with Gasteiger partial charge in [-0.15, -0.1) is 0 Å². The maximum Gasteiger partial charge on any atom is 0.141 e. The molecule has 3 aromatic rings. The van der Waals surface area contributed by atoms with Gasteiger partial charge in [-0.1, -0.05) is 5.16 Å². The summed E-state index contributed by atoms with van der Waals surface area (Å²) in [5.74, 6) is 0.761. The summed E-state index contributed by atoms with van der Waals surface area (Å²) >= 11 is 0. The quantitative estimate of drug-likeness (QED) is 0.709. The smallest absolute Gasteiger partial charge is 0.141 e. The third-order valence-corrected chi connectivity index (χ3v) is 4.31. The van der Waals surface area contributed by atoms with Gasteiger partial charge in [0.15, 0.2) is 0 Å². The average molecular weight is 311 g/mol. The number of rotatable bonds is 2. The molecule has 23 heavy (non-hydrogen) atoms. The van der Waals surface area contributed by atoms with Gasteiger partial charge in [-0.2, -0.15) is 5.10 Å². The Labute approximate surface area is 135 Å². The van der Waals surface area contributed by atoms with E-state index in [0.717, 1.165) is 45.1 Å². The third-order valence-electron chi connectivity index (χ3n) is 4.31. The fraction of sp³-hybridized carbons (Fsp3) is 0.294. The molecule has 4 N–H and O–H groups in total. The molecule has 0 saturated carbocycles. The van der Waals surface area contributed by atoms with E-state index in [-0.39, 0.29) is 0 Å². The van der Waals surface area contributed by atoms with Crippen LogP contribution in [0.3, 0.4) is 0 Å². The minimum Gasteiger partial charge on any atom is -0.397 e. The van der Waals surface area contributed by atoms with Gasteiger partial charge in [-0.05, 0) is 45.4 Å². The molecule has 2 aromatic heterocycles. The standard InChI is InChI=1S/C17H21N5O/c1-8-15(10(3)22(5)20-8)13-6-12(7-14(18)17(13)19)16-9(2)21-23-11(16)4/h6-7H,18-19H2,1-5H3. The summed E-state index contributed by atoms with van der Waals surface area (Å²) in [7, 11) is 1.92. The summed E-state index contributed by atoms with van der Waals surface area (Å²) in [5, 5.41) is 8.50. The van der Waals surface area contributed by atoms with E-state index in [1.54, 1.807) is 0 Å². The number of hydrogen-bond acceptors (Lipinski definition) is 5. The molecule has 6 heteroatoms. The summed E-state index contributed by atoms with van der Waals surface area (Å²) in [5.41, 5.74) is 20.2. The number of nitrogens with zero attached hydrogens (tertiary/aromatic N) is 3. The number of nitrogens with two attached hydrogens (primary N) is 2. The van der Waals surface area contributed by atoms with E-state index >= 15 is 0 Å². The van der Waals surface area contributed by atoms with Crippen molar-refractivity contribution in [2.45, 2.75) is 27.7 Å². The number of hydrogen-bond donors (Lipinski definition) is 2. The van der Waals surface area contributed by atoms with Crippen molar-refractivity contribution in [3.05, 3.63) is 35.0 Å². The van der Waals surface area contributed by atoms with Crippen LogP contribution in [0.25, 0.3) is 22.3 Å². The van der Waals surface area contributed by atoms with Crippen LogP contribution in [0.15, 0.2) is 16.7 Å². The molecule has 0 atom stereocenters. The van der Waals surface area contributed by atoms with E-state index in [0.29, 0.717) is 11.4 Å². The topological polar surface area (TPSA) is 95.9 Å². The molecule has 0 radical (unpaired) electrons. The number of anilines is 2. The van der Waals surface area contributed by atoms with Crippen molar-refractivity contribution < 1.29 is 4.52 Å². The van der Waals surface area contributed by atoms with Gasteiger partial charge in [0.05, 0.1) is 22.8 Å². The number of nitrogen functional groups attached to an aromatic ring is 2. The largest absolute Gasteiger partial charge is 0.397 e. The minimum atomic E-state index is 0.542. The van der Waals surface area contributed by atoms with Crippen LogP contribution in [0.1, 0.15) is 22.8 Å². The first-order chi connectivity index (χ1) is 10.8. The number of aryl methyl sites for hydroxylation is 4. The molecule has 0 unspecified atom stereocenters. The SMILES string of the molecule is Cc1noc(C)c1-c1cc(N)c(N)c(-c2c(C)nn(C)c2C)c1. The van der Waals surface area contributed by atoms with E-state index < -0.39 is 0 Å². The highest BCUT2D eigenvalue weighted by Gasteiger charge is 2.19. The molecule has 120 valence electrons. The molecule has 0 bridgehead atoms. The lowest BCUT2D eigenvalue weighted by molar-refractivity contribution is 0.393. The Morgan fingerprint density at radius 3 is 2.22 bits per heavy atom. The fourth-order valence-corrected chi connectivity index (χ4v) is 3.09. The number of benzene rings is 1. The van der Waals surface area contributed by atoms with Crippen molar-refractivity contribution in [2.75, 3.05) is 11.5 Å². The van der Waals surface area contributed by atoms with Crippen LogP contribution in [-0.2, 0) is 7.05 Å². The van der Waals surface area contributed by atoms with Crippen LogP contribution in [0, 0.1) is 27.7 Å². The molecule has 0 fully saturated rings. The van der Waals surface area contributed by atoms with E-state index in [2.05, 4.69) is 10.3 Å². The predicted molar refractivity (Wildman–Crippen MR) is 91.9 cm³/mol. The molecule has 0 saturated heterocycles. The molecule has 0 spiro atoms. The normalized spacial score (nSPS) is 11.2. The van der Waals surface area contributed by atoms with Crippen molar-refractivity contribution in [1.82, 2.24) is 14.9 Å². The van der Waals surface area contributed by atoms with Gasteiger partial charge < -0.3 is 16.0 Å². The molecule has 0 aliphatic carbocycles. The van der Waals surface area contributed by atoms with Gasteiger partial charge in [0.1, 0.15) is 5.76 Å². The van der Waals surface area contributed by atoms with Gasteiger partial charge in [0.2, 0.25) is 0 Å². The second-order valence-corrected chi connectivity index (χ2v) is 5.90. The summed E-state index contributed by atoms with van der Waals surface area (Å²) in [6.07, 6.45) is 0. The Bertz CT molecular complexity index is 885. The molecule has 0 aliphatic heterocycles. The first kappa shape index (κ1) is 15.1. The first-order valence-corrected chi connectivity index (χ1v) is 7.44. The average Bonchev–Trinajstić information content (AvgIpc) is 2.94. The number of aromatic nitrogens is 3. The molecule has 0 aliphatic rings. The zero-order chi connectivity index (χ0) is 16.9. The van der Waals surface area contributed by atoms with Crippen LogP contribution < -0.4 is 11.5 Å². The maximum atomic E-state index is 6.26. The van der Waals surface area contributed by atoms with Crippen molar-refractivity contribution in [2.24, 2.45) is 7.05 Å². The van der Waals surface area contributed by atoms with Crippen LogP contribution in [0.4, 0.5) is 11.4 Å². The predicted octanol–water partition coefficient (Wildman–Crippen LogP) is 3.14. The highest BCUT2D eigenvalue weighted by molar-refractivity contribution is 5.91. The zero-order valence-corrected chi connectivity index (χ0v) is 14.1. The second-order valence-electron chi connectivity index (χ2n) is 5.90. The van der Waals surface area contributed by atoms with Crippen LogP contribution in [0.5, 0.6) is 0 Å². The van der Waals surface area contributed by atoms with Crippen LogP contribution >= 0.6 is 0 Å². The van der Waals surface area contributed by atoms with Crippen LogP contribution in [-0.4, -0.2) is 14.9 Å². The molecule has 6 nitrogen and oxygen atoms in total. The molecule has 2 heterocycles. The monoisotopic (exact) mass is 311 g/mol. The van der Waals surface area contributed by atoms with E-state index in [4.69, 9.17) is 16.0 Å². The Balaban J connectivity index is 2.31. The van der Waals surface area contributed by atoms with Gasteiger partial charge in [-0.25, -0.2) is 0 Å². The second kappa shape index (κ2) is 5.15. The third kappa shape index (κ3) is 2.27. The Morgan fingerprint density at radius 1 is 1.00 bits per heavy atom. The van der Waals surface area contributed by atoms with Crippen molar-refractivity contribution in [1.29, 1.82) is 0 Å². The minimum absolute atomic E-state index is 0.542. The lowest BCUT2D eigenvalue weighted by Gasteiger charge is -2.12. The summed E-state index contributed by atoms with van der Waals surface area (Å²) in [6.45, 7) is 7.80. The van der Waals surface area contributed by atoms with Gasteiger partial charge >= 0.3 is 0 Å². The summed E-state index contributed by atoms with van der Waals surface area (Å²) in [4.78, 5) is 0. The molecule has 3 rings (SSSR count). The fourth-order valence-electron chi connectivity index (χ4n) is 3.09. The Kier molecular flexibility index (Phi) is 3.39. The highest BCUT2D eigenvalue weighted by atomic mass is 16.5. The maximum absolute atomic E-state index is 6.26. The summed E-state index contributed by atoms with van der Waals surface area (Å²) < 4.78 is 7.13. The Hall–Kier alpha value is -2.76. The van der Waals surface area contributed by atoms with Gasteiger partial charge in [0.25, 0.3) is 0 Å². The highest BCUT2D eigenvalue weighted by Crippen LogP contribution is 2.39. The summed E-state index contributed by atoms with van der Waals surface area (Å²) in [6, 6.07) is 3.90. The lowest BCUT2D eigenvalue weighted by Crippen LogP contribution is -2.00. The van der Waals surface area contributed by atoms with E-state index in [1.165, 1.54) is 0 Å². The van der Waals surface area contributed by atoms with E-state index in [1.807, 2.05) is 51.6 Å². The molecular formula is C17H21N5O. The van der Waals surface area contributed by atoms with Gasteiger partial charge in [0, 0.05) is 29.4 Å². The van der Waals surface area contributed by atoms with Crippen molar-refractivity contribution in [3.8, 4) is 22.3 Å². The molecule has 0 amide bonds. The molecule has 1 aromatic carbocycles. The molecular weight excluding hydrogens is 290 g/mol. The Morgan fingerprint density at radius 2 is 1.70 bits per heavy atom. The van der Waals surface area contributed by atoms with E-state index in [9.17, 15) is 0 Å². The lowest BCUT2D eigenvalue weighted by atomic mass is 9.94. The zero-order valence-electron chi connectivity index (χ0n) is 14.1. The van der Waals surface area contributed by atoms with Crippen molar-refractivity contribution in [3.63, 3.8) is 0 Å². The van der Waals surface area contributed by atoms with Gasteiger partial charge in [-0.3, -0.25) is 4.68 Å². The van der Waals surface area contributed by atoms with Crippen LogP contribution in [0.2, 0.25) is 0 Å². The van der Waals surface area contributed by atoms with Crippen molar-refractivity contribution >= 4 is 11.4 Å².